The SMILES string of the molecule is CCS(=O)(=O)N(C)CCCNC(=O)CCc1ccc(C(C)C)cc1. The molecule has 1 aromatic carbocycles. The average molecular weight is 355 g/mol. The molecule has 0 fully saturated rings. The lowest BCUT2D eigenvalue weighted by atomic mass is 10.0. The fraction of sp³-hybridized carbons (Fsp3) is 0.611. The standard InChI is InChI=1S/C18H30N2O3S/c1-5-24(22,23)20(4)14-6-13-19-18(21)12-9-16-7-10-17(11-8-16)15(2)3/h7-8,10-11,15H,5-6,9,12-14H2,1-4H3,(H,19,21). The maximum Gasteiger partial charge on any atom is 0.220 e. The Balaban J connectivity index is 2.25. The number of benzene rings is 1. The van der Waals surface area contributed by atoms with Gasteiger partial charge in [-0.2, -0.15) is 0 Å². The van der Waals surface area contributed by atoms with Gasteiger partial charge in [-0.3, -0.25) is 4.79 Å². The van der Waals surface area contributed by atoms with Crippen molar-refractivity contribution in [3.63, 3.8) is 0 Å². The smallest absolute Gasteiger partial charge is 0.220 e. The molecular formula is C18H30N2O3S. The summed E-state index contributed by atoms with van der Waals surface area (Å²) in [6.45, 7) is 6.86. The van der Waals surface area contributed by atoms with Crippen LogP contribution in [-0.2, 0) is 21.2 Å². The third-order valence-corrected chi connectivity index (χ3v) is 5.96. The van der Waals surface area contributed by atoms with Crippen molar-refractivity contribution in [2.75, 3.05) is 25.9 Å². The number of hydrogen-bond donors (Lipinski definition) is 1. The lowest BCUT2D eigenvalue weighted by Gasteiger charge is -2.15. The highest BCUT2D eigenvalue weighted by molar-refractivity contribution is 7.89. The highest BCUT2D eigenvalue weighted by Crippen LogP contribution is 2.15. The normalized spacial score (nSPS) is 11.9. The minimum absolute atomic E-state index is 0.00365. The number of carbonyl (C=O) groups excluding carboxylic acids is 1. The van der Waals surface area contributed by atoms with Crippen LogP contribution in [0.4, 0.5) is 0 Å². The van der Waals surface area contributed by atoms with Crippen molar-refractivity contribution in [1.29, 1.82) is 0 Å². The van der Waals surface area contributed by atoms with E-state index in [4.69, 9.17) is 0 Å². The number of rotatable bonds is 10. The summed E-state index contributed by atoms with van der Waals surface area (Å²) < 4.78 is 24.5. The van der Waals surface area contributed by atoms with Gasteiger partial charge in [-0.05, 0) is 36.8 Å². The van der Waals surface area contributed by atoms with Crippen molar-refractivity contribution in [2.24, 2.45) is 0 Å². The number of carbonyl (C=O) groups is 1. The molecule has 6 heteroatoms. The third kappa shape index (κ3) is 7.01. The maximum atomic E-state index is 11.8. The Morgan fingerprint density at radius 1 is 1.21 bits per heavy atom. The number of sulfonamides is 1. The van der Waals surface area contributed by atoms with Crippen molar-refractivity contribution < 1.29 is 13.2 Å². The van der Waals surface area contributed by atoms with E-state index in [1.54, 1.807) is 14.0 Å². The molecular weight excluding hydrogens is 324 g/mol. The predicted molar refractivity (Wildman–Crippen MR) is 98.6 cm³/mol. The highest BCUT2D eigenvalue weighted by Gasteiger charge is 2.14. The topological polar surface area (TPSA) is 66.5 Å². The van der Waals surface area contributed by atoms with E-state index < -0.39 is 10.0 Å². The molecule has 0 bridgehead atoms. The first kappa shape index (κ1) is 20.6. The zero-order valence-electron chi connectivity index (χ0n) is 15.2. The van der Waals surface area contributed by atoms with Crippen molar-refractivity contribution in [2.45, 2.75) is 46.0 Å². The summed E-state index contributed by atoms with van der Waals surface area (Å²) >= 11 is 0. The summed E-state index contributed by atoms with van der Waals surface area (Å²) in [6.07, 6.45) is 1.78. The fourth-order valence-electron chi connectivity index (χ4n) is 2.30. The van der Waals surface area contributed by atoms with E-state index in [-0.39, 0.29) is 11.7 Å². The van der Waals surface area contributed by atoms with Gasteiger partial charge in [-0.1, -0.05) is 38.1 Å². The number of nitrogens with zero attached hydrogens (tertiary/aromatic N) is 1. The molecule has 0 atom stereocenters. The lowest BCUT2D eigenvalue weighted by Crippen LogP contribution is -2.32. The first-order chi connectivity index (χ1) is 11.3. The molecule has 0 heterocycles. The Kier molecular flexibility index (Phi) is 8.42. The summed E-state index contributed by atoms with van der Waals surface area (Å²) in [7, 11) is -1.56. The summed E-state index contributed by atoms with van der Waals surface area (Å²) in [5, 5.41) is 2.85. The molecule has 136 valence electrons. The van der Waals surface area contributed by atoms with Crippen LogP contribution >= 0.6 is 0 Å². The Morgan fingerprint density at radius 3 is 2.38 bits per heavy atom. The molecule has 0 aromatic heterocycles. The van der Waals surface area contributed by atoms with E-state index in [2.05, 4.69) is 43.4 Å². The van der Waals surface area contributed by atoms with Crippen LogP contribution in [0.15, 0.2) is 24.3 Å². The van der Waals surface area contributed by atoms with Crippen LogP contribution in [0.3, 0.4) is 0 Å². The second-order valence-electron chi connectivity index (χ2n) is 6.32. The minimum Gasteiger partial charge on any atom is -0.356 e. The molecule has 0 unspecified atom stereocenters. The molecule has 24 heavy (non-hydrogen) atoms. The third-order valence-electron chi connectivity index (χ3n) is 4.10. The van der Waals surface area contributed by atoms with Gasteiger partial charge in [0.1, 0.15) is 0 Å². The van der Waals surface area contributed by atoms with Crippen LogP contribution in [0.25, 0.3) is 0 Å². The van der Waals surface area contributed by atoms with Gasteiger partial charge in [0, 0.05) is 26.6 Å². The number of hydrogen-bond acceptors (Lipinski definition) is 3. The van der Waals surface area contributed by atoms with Gasteiger partial charge in [0.2, 0.25) is 15.9 Å². The van der Waals surface area contributed by atoms with Gasteiger partial charge in [-0.25, -0.2) is 12.7 Å². The zero-order valence-corrected chi connectivity index (χ0v) is 16.0. The summed E-state index contributed by atoms with van der Waals surface area (Å²) in [5.74, 6) is 0.617. The highest BCUT2D eigenvalue weighted by atomic mass is 32.2. The second-order valence-corrected chi connectivity index (χ2v) is 8.69. The fourth-order valence-corrected chi connectivity index (χ4v) is 3.15. The monoisotopic (exact) mass is 354 g/mol. The number of amides is 1. The van der Waals surface area contributed by atoms with E-state index >= 15 is 0 Å². The maximum absolute atomic E-state index is 11.8. The van der Waals surface area contributed by atoms with Crippen molar-refractivity contribution in [1.82, 2.24) is 9.62 Å². The Hall–Kier alpha value is -1.40. The molecule has 1 rings (SSSR count). The molecule has 1 N–H and O–H groups in total. The number of nitrogens with one attached hydrogen (secondary N) is 1. The van der Waals surface area contributed by atoms with E-state index in [0.29, 0.717) is 38.3 Å². The summed E-state index contributed by atoms with van der Waals surface area (Å²) in [5.41, 5.74) is 2.46. The van der Waals surface area contributed by atoms with Gasteiger partial charge >= 0.3 is 0 Å². The van der Waals surface area contributed by atoms with E-state index in [0.717, 1.165) is 5.56 Å². The lowest BCUT2D eigenvalue weighted by molar-refractivity contribution is -0.121. The van der Waals surface area contributed by atoms with Crippen LogP contribution in [0.5, 0.6) is 0 Å². The molecule has 1 amide bonds. The molecule has 0 saturated carbocycles. The van der Waals surface area contributed by atoms with Crippen molar-refractivity contribution >= 4 is 15.9 Å². The predicted octanol–water partition coefficient (Wildman–Crippen LogP) is 2.53. The van der Waals surface area contributed by atoms with Crippen LogP contribution in [0, 0.1) is 0 Å². The average Bonchev–Trinajstić information content (AvgIpc) is 2.56. The van der Waals surface area contributed by atoms with Crippen LogP contribution in [0.2, 0.25) is 0 Å². The van der Waals surface area contributed by atoms with E-state index in [9.17, 15) is 13.2 Å². The van der Waals surface area contributed by atoms with E-state index in [1.807, 2.05) is 0 Å². The van der Waals surface area contributed by atoms with Gasteiger partial charge in [0.05, 0.1) is 5.75 Å². The Morgan fingerprint density at radius 2 is 1.83 bits per heavy atom. The van der Waals surface area contributed by atoms with Crippen LogP contribution in [0.1, 0.15) is 50.7 Å². The quantitative estimate of drug-likeness (QED) is 0.657. The summed E-state index contributed by atoms with van der Waals surface area (Å²) in [4.78, 5) is 11.8. The van der Waals surface area contributed by atoms with Gasteiger partial charge in [0.15, 0.2) is 0 Å². The molecule has 0 saturated heterocycles. The molecule has 0 aliphatic carbocycles. The zero-order chi connectivity index (χ0) is 18.2. The van der Waals surface area contributed by atoms with Crippen molar-refractivity contribution in [3.8, 4) is 0 Å². The van der Waals surface area contributed by atoms with Crippen LogP contribution in [-0.4, -0.2) is 44.5 Å². The Bertz CT molecular complexity index is 610. The van der Waals surface area contributed by atoms with Gasteiger partial charge in [-0.15, -0.1) is 0 Å². The Labute approximate surface area is 146 Å². The summed E-state index contributed by atoms with van der Waals surface area (Å²) in [6, 6.07) is 8.38. The van der Waals surface area contributed by atoms with Gasteiger partial charge < -0.3 is 5.32 Å². The largest absolute Gasteiger partial charge is 0.356 e. The van der Waals surface area contributed by atoms with E-state index in [1.165, 1.54) is 9.87 Å². The molecule has 0 spiro atoms. The molecule has 0 radical (unpaired) electrons. The van der Waals surface area contributed by atoms with Crippen LogP contribution < -0.4 is 5.32 Å². The van der Waals surface area contributed by atoms with Crippen molar-refractivity contribution in [3.05, 3.63) is 35.4 Å². The van der Waals surface area contributed by atoms with Gasteiger partial charge in [0.25, 0.3) is 0 Å². The minimum atomic E-state index is -3.13. The second kappa shape index (κ2) is 9.79. The first-order valence-corrected chi connectivity index (χ1v) is 10.2. The number of aryl methyl sites for hydroxylation is 1. The molecule has 0 aliphatic rings. The molecule has 1 aromatic rings. The molecule has 0 aliphatic heterocycles. The molecule has 5 nitrogen and oxygen atoms in total. The first-order valence-electron chi connectivity index (χ1n) is 8.55.